The lowest BCUT2D eigenvalue weighted by Crippen LogP contribution is -2.39. The van der Waals surface area contributed by atoms with Crippen LogP contribution in [0.15, 0.2) is 41.4 Å². The van der Waals surface area contributed by atoms with Gasteiger partial charge in [-0.3, -0.25) is 4.99 Å². The summed E-state index contributed by atoms with van der Waals surface area (Å²) in [5.74, 6) is 0.0973. The number of nitrogens with zero attached hydrogens (tertiary/aromatic N) is 2. The molecule has 1 aliphatic carbocycles. The molecule has 30 heavy (non-hydrogen) atoms. The molecule has 5 N–H and O–H groups in total. The molecule has 1 unspecified atom stereocenters. The third kappa shape index (κ3) is 4.44. The van der Waals surface area contributed by atoms with Crippen LogP contribution in [0.3, 0.4) is 0 Å². The Hall–Kier alpha value is -2.18. The van der Waals surface area contributed by atoms with Gasteiger partial charge in [-0.15, -0.1) is 0 Å². The van der Waals surface area contributed by atoms with Crippen LogP contribution in [0.1, 0.15) is 12.0 Å². The topological polar surface area (TPSA) is 81.4 Å². The van der Waals surface area contributed by atoms with Crippen LogP contribution in [0.25, 0.3) is 23.1 Å². The van der Waals surface area contributed by atoms with Gasteiger partial charge in [0, 0.05) is 45.6 Å². The zero-order valence-corrected chi connectivity index (χ0v) is 18.5. The van der Waals surface area contributed by atoms with Gasteiger partial charge in [-0.05, 0) is 48.4 Å². The Morgan fingerprint density at radius 2 is 1.93 bits per heavy atom. The highest BCUT2D eigenvalue weighted by Gasteiger charge is 2.14. The fraction of sp³-hybridized carbons (Fsp3) is 0.227. The third-order valence-corrected chi connectivity index (χ3v) is 6.19. The smallest absolute Gasteiger partial charge is 0.185 e. The summed E-state index contributed by atoms with van der Waals surface area (Å²) in [4.78, 5) is 4.15. The van der Waals surface area contributed by atoms with Gasteiger partial charge in [0.15, 0.2) is 5.96 Å². The number of nitrogens with two attached hydrogens (primary N) is 2. The number of hydrogen-bond donors (Lipinski definition) is 3. The Bertz CT molecular complexity index is 1240. The Morgan fingerprint density at radius 3 is 2.70 bits per heavy atom. The molecule has 1 aromatic heterocycles. The molecule has 0 aliphatic heterocycles. The Labute approximate surface area is 189 Å². The predicted molar refractivity (Wildman–Crippen MR) is 128 cm³/mol. The number of nitrogens with one attached hydrogen (secondary N) is 1. The van der Waals surface area contributed by atoms with Crippen LogP contribution in [-0.4, -0.2) is 23.1 Å². The van der Waals surface area contributed by atoms with Crippen LogP contribution in [0.2, 0.25) is 15.1 Å². The third-order valence-electron chi connectivity index (χ3n) is 5.21. The van der Waals surface area contributed by atoms with Crippen molar-refractivity contribution in [2.45, 2.75) is 25.6 Å². The zero-order valence-electron chi connectivity index (χ0n) is 16.2. The standard InChI is InChI=1S/C22H22Cl3N5/c23-14-2-6-20-17(10-14)16-4-3-15(11-21(16)30(20)8-7-28-22(26)27)29-12-13-1-5-18(24)19(25)9-13/h1-2,4-6,9-11,15,29H,3,7-8,12H2,(H4,26,27,28). The summed E-state index contributed by atoms with van der Waals surface area (Å²) < 4.78 is 2.25. The molecule has 0 radical (unpaired) electrons. The van der Waals surface area contributed by atoms with Gasteiger partial charge >= 0.3 is 0 Å². The van der Waals surface area contributed by atoms with Crippen LogP contribution < -0.4 is 27.4 Å². The van der Waals surface area contributed by atoms with E-state index in [1.54, 1.807) is 0 Å². The molecule has 5 nitrogen and oxygen atoms in total. The van der Waals surface area contributed by atoms with Crippen molar-refractivity contribution in [1.29, 1.82) is 0 Å². The van der Waals surface area contributed by atoms with Crippen LogP contribution in [-0.2, 0) is 13.1 Å². The lowest BCUT2D eigenvalue weighted by molar-refractivity contribution is 0.618. The van der Waals surface area contributed by atoms with Crippen LogP contribution in [0.5, 0.6) is 0 Å². The largest absolute Gasteiger partial charge is 0.370 e. The molecule has 0 saturated heterocycles. The minimum Gasteiger partial charge on any atom is -0.370 e. The van der Waals surface area contributed by atoms with Gasteiger partial charge in [0.2, 0.25) is 0 Å². The number of rotatable bonds is 6. The molecule has 156 valence electrons. The lowest BCUT2D eigenvalue weighted by Gasteiger charge is -2.16. The number of hydrogen-bond acceptors (Lipinski definition) is 2. The summed E-state index contributed by atoms with van der Waals surface area (Å²) in [6.45, 7) is 1.88. The molecule has 1 aliphatic rings. The van der Waals surface area contributed by atoms with Gasteiger partial charge in [0.05, 0.1) is 16.6 Å². The molecule has 8 heteroatoms. The number of aromatic nitrogens is 1. The van der Waals surface area contributed by atoms with Gasteiger partial charge in [-0.1, -0.05) is 46.9 Å². The average Bonchev–Trinajstić information content (AvgIpc) is 3.01. The second kappa shape index (κ2) is 8.90. The number of fused-ring (bicyclic) bond motifs is 3. The van der Waals surface area contributed by atoms with E-state index < -0.39 is 0 Å². The molecule has 2 aromatic carbocycles. The van der Waals surface area contributed by atoms with Gasteiger partial charge in [-0.2, -0.15) is 0 Å². The maximum Gasteiger partial charge on any atom is 0.185 e. The van der Waals surface area contributed by atoms with Crippen molar-refractivity contribution in [2.75, 3.05) is 6.54 Å². The van der Waals surface area contributed by atoms with Crippen molar-refractivity contribution in [2.24, 2.45) is 16.5 Å². The molecule has 1 atom stereocenters. The molecule has 0 saturated carbocycles. The van der Waals surface area contributed by atoms with Gasteiger partial charge in [0.25, 0.3) is 0 Å². The maximum atomic E-state index is 6.27. The van der Waals surface area contributed by atoms with Crippen molar-refractivity contribution in [3.05, 3.63) is 67.6 Å². The van der Waals surface area contributed by atoms with E-state index in [9.17, 15) is 0 Å². The van der Waals surface area contributed by atoms with E-state index in [4.69, 9.17) is 46.3 Å². The number of halogens is 3. The van der Waals surface area contributed by atoms with E-state index >= 15 is 0 Å². The Kier molecular flexibility index (Phi) is 6.25. The van der Waals surface area contributed by atoms with Gasteiger partial charge < -0.3 is 21.4 Å². The molecule has 0 bridgehead atoms. The second-order valence-electron chi connectivity index (χ2n) is 7.26. The highest BCUT2D eigenvalue weighted by atomic mass is 35.5. The van der Waals surface area contributed by atoms with Crippen molar-refractivity contribution in [3.63, 3.8) is 0 Å². The minimum absolute atomic E-state index is 0.0973. The Morgan fingerprint density at radius 1 is 1.10 bits per heavy atom. The monoisotopic (exact) mass is 461 g/mol. The van der Waals surface area contributed by atoms with E-state index in [0.717, 1.165) is 33.3 Å². The summed E-state index contributed by atoms with van der Waals surface area (Å²) in [6.07, 6.45) is 5.40. The van der Waals surface area contributed by atoms with Crippen LogP contribution in [0.4, 0.5) is 0 Å². The van der Waals surface area contributed by atoms with E-state index in [2.05, 4.69) is 27.0 Å². The van der Waals surface area contributed by atoms with Crippen molar-refractivity contribution in [3.8, 4) is 0 Å². The van der Waals surface area contributed by atoms with Crippen LogP contribution >= 0.6 is 34.8 Å². The first-order valence-electron chi connectivity index (χ1n) is 9.65. The van der Waals surface area contributed by atoms with E-state index in [1.165, 1.54) is 5.22 Å². The van der Waals surface area contributed by atoms with Crippen molar-refractivity contribution >= 4 is 63.8 Å². The summed E-state index contributed by atoms with van der Waals surface area (Å²) >= 11 is 18.4. The van der Waals surface area contributed by atoms with Crippen molar-refractivity contribution in [1.82, 2.24) is 9.88 Å². The Balaban J connectivity index is 1.66. The maximum absolute atomic E-state index is 6.27. The first kappa shape index (κ1) is 21.1. The molecular formula is C22H22Cl3N5. The highest BCUT2D eigenvalue weighted by Crippen LogP contribution is 2.23. The van der Waals surface area contributed by atoms with Crippen molar-refractivity contribution < 1.29 is 0 Å². The molecule has 0 spiro atoms. The highest BCUT2D eigenvalue weighted by molar-refractivity contribution is 6.42. The molecule has 3 aromatic rings. The molecular weight excluding hydrogens is 441 g/mol. The number of aliphatic imine (C=N–C) groups is 1. The minimum atomic E-state index is 0.0973. The van der Waals surface area contributed by atoms with E-state index in [-0.39, 0.29) is 12.0 Å². The summed E-state index contributed by atoms with van der Waals surface area (Å²) in [5.41, 5.74) is 13.2. The number of guanidine groups is 1. The van der Waals surface area contributed by atoms with Gasteiger partial charge in [-0.25, -0.2) is 0 Å². The summed E-state index contributed by atoms with van der Waals surface area (Å²) in [6, 6.07) is 11.9. The number of benzene rings is 2. The summed E-state index contributed by atoms with van der Waals surface area (Å²) in [7, 11) is 0. The average molecular weight is 463 g/mol. The zero-order chi connectivity index (χ0) is 21.3. The second-order valence-corrected chi connectivity index (χ2v) is 8.51. The first-order chi connectivity index (χ1) is 14.4. The molecule has 0 fully saturated rings. The molecule has 1 heterocycles. The molecule has 0 amide bonds. The fourth-order valence-electron chi connectivity index (χ4n) is 3.83. The normalized spacial score (nSPS) is 15.4. The molecule has 4 rings (SSSR count). The van der Waals surface area contributed by atoms with Gasteiger partial charge in [0.1, 0.15) is 0 Å². The van der Waals surface area contributed by atoms with E-state index in [0.29, 0.717) is 29.7 Å². The fourth-order valence-corrected chi connectivity index (χ4v) is 4.32. The lowest BCUT2D eigenvalue weighted by atomic mass is 10.1. The first-order valence-corrected chi connectivity index (χ1v) is 10.8. The summed E-state index contributed by atoms with van der Waals surface area (Å²) in [5, 5.41) is 8.92. The quantitative estimate of drug-likeness (QED) is 0.389. The van der Waals surface area contributed by atoms with E-state index in [1.807, 2.05) is 36.4 Å². The SMILES string of the molecule is NC(N)=NCCn1c2c(c3cc(Cl)ccc31)=CCC(NCc1ccc(Cl)c(Cl)c1)C=2. The predicted octanol–water partition coefficient (Wildman–Crippen LogP) is 3.00. The van der Waals surface area contributed by atoms with Crippen LogP contribution in [0, 0.1) is 0 Å².